The molecule has 0 aliphatic carbocycles. The topological polar surface area (TPSA) is 62.1 Å². The number of amides is 1. The zero-order valence-corrected chi connectivity index (χ0v) is 14.0. The second-order valence-corrected chi connectivity index (χ2v) is 6.46. The average molecular weight is 335 g/mol. The van der Waals surface area contributed by atoms with E-state index < -0.39 is 0 Å². The number of piperidine rings is 1. The van der Waals surface area contributed by atoms with Gasteiger partial charge in [-0.2, -0.15) is 0 Å². The van der Waals surface area contributed by atoms with E-state index >= 15 is 0 Å². The van der Waals surface area contributed by atoms with Gasteiger partial charge in [-0.3, -0.25) is 4.79 Å². The summed E-state index contributed by atoms with van der Waals surface area (Å²) in [5.41, 5.74) is 3.01. The Morgan fingerprint density at radius 2 is 2.12 bits per heavy atom. The third kappa shape index (κ3) is 3.36. The third-order valence-electron chi connectivity index (χ3n) is 4.75. The molecule has 5 nitrogen and oxygen atoms in total. The molecule has 1 unspecified atom stereocenters. The predicted octanol–water partition coefficient (Wildman–Crippen LogP) is 3.97. The van der Waals surface area contributed by atoms with E-state index in [9.17, 15) is 4.79 Å². The van der Waals surface area contributed by atoms with E-state index in [0.717, 1.165) is 48.5 Å². The van der Waals surface area contributed by atoms with Gasteiger partial charge in [0.05, 0.1) is 36.9 Å². The molecule has 0 saturated carbocycles. The molecule has 1 aromatic carbocycles. The molecule has 5 heteroatoms. The summed E-state index contributed by atoms with van der Waals surface area (Å²) in [4.78, 5) is 22.7. The SMILES string of the molecule is O=C(Cc1ccoc1)N1CCCCC1c1ncc(-c2ccccc2)[nH]1. The molecule has 1 aliphatic heterocycles. The summed E-state index contributed by atoms with van der Waals surface area (Å²) in [6.45, 7) is 0.780. The van der Waals surface area contributed by atoms with E-state index in [1.807, 2.05) is 35.4 Å². The number of carbonyl (C=O) groups is 1. The van der Waals surface area contributed by atoms with Crippen molar-refractivity contribution >= 4 is 5.91 Å². The number of nitrogens with zero attached hydrogens (tertiary/aromatic N) is 2. The Labute approximate surface area is 146 Å². The van der Waals surface area contributed by atoms with E-state index in [0.29, 0.717) is 6.42 Å². The molecule has 2 aromatic heterocycles. The smallest absolute Gasteiger partial charge is 0.227 e. The maximum absolute atomic E-state index is 12.8. The number of furan rings is 1. The number of imidazole rings is 1. The Balaban J connectivity index is 1.55. The average Bonchev–Trinajstić information content (AvgIpc) is 3.34. The number of rotatable bonds is 4. The van der Waals surface area contributed by atoms with Crippen LogP contribution in [0.1, 0.15) is 36.7 Å². The van der Waals surface area contributed by atoms with Crippen molar-refractivity contribution in [2.24, 2.45) is 0 Å². The number of likely N-dealkylation sites (tertiary alicyclic amines) is 1. The van der Waals surface area contributed by atoms with Gasteiger partial charge in [0.15, 0.2) is 0 Å². The lowest BCUT2D eigenvalue weighted by Gasteiger charge is -2.34. The van der Waals surface area contributed by atoms with Crippen LogP contribution in [0.5, 0.6) is 0 Å². The van der Waals surface area contributed by atoms with Crippen molar-refractivity contribution in [1.82, 2.24) is 14.9 Å². The molecule has 1 N–H and O–H groups in total. The van der Waals surface area contributed by atoms with Crippen LogP contribution in [0.15, 0.2) is 59.5 Å². The Bertz CT molecular complexity index is 824. The number of benzene rings is 1. The first-order chi connectivity index (χ1) is 12.3. The molecule has 3 aromatic rings. The summed E-state index contributed by atoms with van der Waals surface area (Å²) >= 11 is 0. The molecular weight excluding hydrogens is 314 g/mol. The molecule has 1 saturated heterocycles. The summed E-state index contributed by atoms with van der Waals surface area (Å²) in [6.07, 6.45) is 8.57. The van der Waals surface area contributed by atoms with Gasteiger partial charge in [-0.25, -0.2) is 4.98 Å². The molecule has 128 valence electrons. The van der Waals surface area contributed by atoms with Gasteiger partial charge < -0.3 is 14.3 Å². The van der Waals surface area contributed by atoms with Crippen LogP contribution in [0.2, 0.25) is 0 Å². The molecule has 25 heavy (non-hydrogen) atoms. The molecule has 1 aliphatic rings. The minimum Gasteiger partial charge on any atom is -0.472 e. The minimum atomic E-state index is 0.0191. The van der Waals surface area contributed by atoms with Crippen molar-refractivity contribution < 1.29 is 9.21 Å². The first kappa shape index (κ1) is 15.7. The highest BCUT2D eigenvalue weighted by Gasteiger charge is 2.30. The number of carbonyl (C=O) groups excluding carboxylic acids is 1. The maximum Gasteiger partial charge on any atom is 0.227 e. The van der Waals surface area contributed by atoms with Crippen LogP contribution in [-0.2, 0) is 11.2 Å². The summed E-state index contributed by atoms with van der Waals surface area (Å²) in [6, 6.07) is 12.0. The number of H-pyrrole nitrogens is 1. The van der Waals surface area contributed by atoms with Gasteiger partial charge in [0.2, 0.25) is 5.91 Å². The van der Waals surface area contributed by atoms with E-state index in [4.69, 9.17) is 4.42 Å². The van der Waals surface area contributed by atoms with Gasteiger partial charge in [0, 0.05) is 6.54 Å². The standard InChI is InChI=1S/C20H21N3O2/c24-19(12-15-9-11-25-14-15)23-10-5-4-8-18(23)20-21-13-17(22-20)16-6-2-1-3-7-16/h1-3,6-7,9,11,13-14,18H,4-5,8,10,12H2,(H,21,22). The normalized spacial score (nSPS) is 17.6. The molecule has 4 rings (SSSR count). The lowest BCUT2D eigenvalue weighted by molar-refractivity contribution is -0.134. The van der Waals surface area contributed by atoms with Crippen molar-refractivity contribution in [2.75, 3.05) is 6.54 Å². The van der Waals surface area contributed by atoms with Crippen molar-refractivity contribution in [3.05, 3.63) is 66.5 Å². The molecule has 1 amide bonds. The monoisotopic (exact) mass is 335 g/mol. The number of nitrogens with one attached hydrogen (secondary N) is 1. The Morgan fingerprint density at radius 3 is 2.92 bits per heavy atom. The van der Waals surface area contributed by atoms with Crippen LogP contribution in [0.3, 0.4) is 0 Å². The fraction of sp³-hybridized carbons (Fsp3) is 0.300. The second kappa shape index (κ2) is 6.97. The van der Waals surface area contributed by atoms with Gasteiger partial charge in [-0.15, -0.1) is 0 Å². The van der Waals surface area contributed by atoms with Gasteiger partial charge in [-0.1, -0.05) is 30.3 Å². The van der Waals surface area contributed by atoms with Crippen LogP contribution in [0.25, 0.3) is 11.3 Å². The molecule has 1 atom stereocenters. The summed E-state index contributed by atoms with van der Waals surface area (Å²) in [7, 11) is 0. The van der Waals surface area contributed by atoms with Gasteiger partial charge >= 0.3 is 0 Å². The third-order valence-corrected chi connectivity index (χ3v) is 4.75. The number of hydrogen-bond acceptors (Lipinski definition) is 3. The van der Waals surface area contributed by atoms with E-state index in [1.54, 1.807) is 12.5 Å². The molecule has 1 fully saturated rings. The highest BCUT2D eigenvalue weighted by molar-refractivity contribution is 5.79. The van der Waals surface area contributed by atoms with Gasteiger partial charge in [0.25, 0.3) is 0 Å². The maximum atomic E-state index is 12.8. The molecular formula is C20H21N3O2. The largest absolute Gasteiger partial charge is 0.472 e. The van der Waals surface area contributed by atoms with E-state index in [-0.39, 0.29) is 11.9 Å². The molecule has 0 bridgehead atoms. The highest BCUT2D eigenvalue weighted by atomic mass is 16.3. The highest BCUT2D eigenvalue weighted by Crippen LogP contribution is 2.31. The number of aromatic nitrogens is 2. The Hall–Kier alpha value is -2.82. The van der Waals surface area contributed by atoms with Crippen molar-refractivity contribution in [3.63, 3.8) is 0 Å². The van der Waals surface area contributed by atoms with E-state index in [1.165, 1.54) is 0 Å². The van der Waals surface area contributed by atoms with Gasteiger partial charge in [-0.05, 0) is 36.5 Å². The van der Waals surface area contributed by atoms with Crippen LogP contribution in [-0.4, -0.2) is 27.3 Å². The molecule has 0 spiro atoms. The summed E-state index contributed by atoms with van der Waals surface area (Å²) in [5, 5.41) is 0. The van der Waals surface area contributed by atoms with Crippen molar-refractivity contribution in [1.29, 1.82) is 0 Å². The lowest BCUT2D eigenvalue weighted by Crippen LogP contribution is -2.39. The Morgan fingerprint density at radius 1 is 1.24 bits per heavy atom. The molecule has 3 heterocycles. The van der Waals surface area contributed by atoms with Crippen LogP contribution < -0.4 is 0 Å². The predicted molar refractivity (Wildman–Crippen MR) is 94.7 cm³/mol. The summed E-state index contributed by atoms with van der Waals surface area (Å²) in [5.74, 6) is 1.00. The van der Waals surface area contributed by atoms with Crippen molar-refractivity contribution in [2.45, 2.75) is 31.7 Å². The fourth-order valence-corrected chi connectivity index (χ4v) is 3.45. The van der Waals surface area contributed by atoms with Crippen molar-refractivity contribution in [3.8, 4) is 11.3 Å². The zero-order valence-electron chi connectivity index (χ0n) is 14.0. The summed E-state index contributed by atoms with van der Waals surface area (Å²) < 4.78 is 5.08. The Kier molecular flexibility index (Phi) is 4.37. The fourth-order valence-electron chi connectivity index (χ4n) is 3.45. The number of aromatic amines is 1. The van der Waals surface area contributed by atoms with Crippen LogP contribution in [0, 0.1) is 0 Å². The first-order valence-corrected chi connectivity index (χ1v) is 8.72. The first-order valence-electron chi connectivity index (χ1n) is 8.72. The second-order valence-electron chi connectivity index (χ2n) is 6.46. The lowest BCUT2D eigenvalue weighted by atomic mass is 10.0. The zero-order chi connectivity index (χ0) is 17.1. The minimum absolute atomic E-state index is 0.0191. The van der Waals surface area contributed by atoms with E-state index in [2.05, 4.69) is 22.1 Å². The van der Waals surface area contributed by atoms with Gasteiger partial charge in [0.1, 0.15) is 5.82 Å². The van der Waals surface area contributed by atoms with Crippen LogP contribution in [0.4, 0.5) is 0 Å². The van der Waals surface area contributed by atoms with Crippen LogP contribution >= 0.6 is 0 Å². The quantitative estimate of drug-likeness (QED) is 0.785. The number of hydrogen-bond donors (Lipinski definition) is 1. The molecule has 0 radical (unpaired) electrons.